The van der Waals surface area contributed by atoms with Gasteiger partial charge in [0, 0.05) is 17.5 Å². The monoisotopic (exact) mass is 498 g/mol. The first-order chi connectivity index (χ1) is 16.8. The summed E-state index contributed by atoms with van der Waals surface area (Å²) in [4.78, 5) is 23.2. The smallest absolute Gasteiger partial charge is 0.461 e. The number of carbonyl (C=O) groups is 1. The number of ether oxygens (including phenoxy) is 1. The number of benzene rings is 3. The molecule has 1 fully saturated rings. The van der Waals surface area contributed by atoms with Crippen molar-refractivity contribution in [1.82, 2.24) is 5.09 Å². The fourth-order valence-electron chi connectivity index (χ4n) is 3.98. The number of non-ortho nitro benzene ring substituents is 1. The summed E-state index contributed by atoms with van der Waals surface area (Å²) < 4.78 is 31.1. The van der Waals surface area contributed by atoms with Crippen LogP contribution in [0.2, 0.25) is 0 Å². The fourth-order valence-corrected chi connectivity index (χ4v) is 5.52. The van der Waals surface area contributed by atoms with E-state index < -0.39 is 24.7 Å². The molecule has 0 amide bonds. The van der Waals surface area contributed by atoms with Crippen LogP contribution in [0.15, 0.2) is 66.7 Å². The van der Waals surface area contributed by atoms with Crippen LogP contribution in [0, 0.1) is 10.1 Å². The number of esters is 1. The van der Waals surface area contributed by atoms with Gasteiger partial charge < -0.3 is 13.8 Å². The molecule has 0 bridgehead atoms. The Kier molecular flexibility index (Phi) is 7.68. The molecule has 0 radical (unpaired) electrons. The molecule has 4 rings (SSSR count). The maximum atomic E-state index is 13.9. The van der Waals surface area contributed by atoms with Crippen molar-refractivity contribution in [2.45, 2.75) is 51.2 Å². The van der Waals surface area contributed by atoms with Gasteiger partial charge in [-0.1, -0.05) is 42.8 Å². The van der Waals surface area contributed by atoms with Crippen molar-refractivity contribution < 1.29 is 28.1 Å². The molecule has 0 heterocycles. The SMILES string of the molecule is CC(NP(=O)(Oc1ccc([N+](=O)[O-])cc1)Oc1cccc2ccccc12)C(=O)OC1CCCCC1. The van der Waals surface area contributed by atoms with Crippen LogP contribution < -0.4 is 14.1 Å². The molecule has 1 aliphatic rings. The standard InChI is InChI=1S/C25H27N2O7P/c1-18(25(28)32-21-10-3-2-4-11-21)26-35(31,33-22-16-14-20(15-17-22)27(29)30)34-24-13-7-9-19-8-5-6-12-23(19)24/h5-9,12-18,21H,2-4,10-11H2,1H3,(H,26,31). The van der Waals surface area contributed by atoms with Crippen molar-refractivity contribution in [1.29, 1.82) is 0 Å². The third-order valence-electron chi connectivity index (χ3n) is 5.78. The number of nitro groups is 1. The van der Waals surface area contributed by atoms with Crippen LogP contribution in [0.5, 0.6) is 11.5 Å². The van der Waals surface area contributed by atoms with E-state index >= 15 is 0 Å². The molecular weight excluding hydrogens is 471 g/mol. The second-order valence-electron chi connectivity index (χ2n) is 8.46. The quantitative estimate of drug-likeness (QED) is 0.161. The van der Waals surface area contributed by atoms with Gasteiger partial charge in [-0.2, -0.15) is 5.09 Å². The largest absolute Gasteiger partial charge is 0.513 e. The van der Waals surface area contributed by atoms with E-state index in [9.17, 15) is 19.5 Å². The molecule has 0 saturated heterocycles. The molecule has 1 N–H and O–H groups in total. The maximum Gasteiger partial charge on any atom is 0.513 e. The summed E-state index contributed by atoms with van der Waals surface area (Å²) >= 11 is 0. The molecule has 1 aliphatic carbocycles. The first-order valence-electron chi connectivity index (χ1n) is 11.5. The Morgan fingerprint density at radius 1 is 1.00 bits per heavy atom. The summed E-state index contributed by atoms with van der Waals surface area (Å²) in [6.07, 6.45) is 4.59. The lowest BCUT2D eigenvalue weighted by Crippen LogP contribution is -2.38. The van der Waals surface area contributed by atoms with E-state index in [4.69, 9.17) is 13.8 Å². The van der Waals surface area contributed by atoms with Gasteiger partial charge in [-0.25, -0.2) is 4.57 Å². The van der Waals surface area contributed by atoms with Crippen LogP contribution in [0.25, 0.3) is 10.8 Å². The van der Waals surface area contributed by atoms with Crippen molar-refractivity contribution in [3.8, 4) is 11.5 Å². The van der Waals surface area contributed by atoms with Gasteiger partial charge in [0.15, 0.2) is 0 Å². The molecule has 35 heavy (non-hydrogen) atoms. The van der Waals surface area contributed by atoms with Crippen LogP contribution >= 0.6 is 7.75 Å². The van der Waals surface area contributed by atoms with Crippen molar-refractivity contribution in [2.24, 2.45) is 0 Å². The highest BCUT2D eigenvalue weighted by Crippen LogP contribution is 2.47. The van der Waals surface area contributed by atoms with Gasteiger partial charge in [0.25, 0.3) is 5.69 Å². The molecule has 2 atom stereocenters. The Hall–Kier alpha value is -3.42. The van der Waals surface area contributed by atoms with Gasteiger partial charge in [0.1, 0.15) is 23.6 Å². The molecule has 2 unspecified atom stereocenters. The number of nitrogens with zero attached hydrogens (tertiary/aromatic N) is 1. The van der Waals surface area contributed by atoms with Crippen LogP contribution in [-0.4, -0.2) is 23.0 Å². The van der Waals surface area contributed by atoms with E-state index in [0.29, 0.717) is 11.1 Å². The lowest BCUT2D eigenvalue weighted by molar-refractivity contribution is -0.384. The van der Waals surface area contributed by atoms with Gasteiger partial charge in [-0.15, -0.1) is 0 Å². The summed E-state index contributed by atoms with van der Waals surface area (Å²) in [6, 6.07) is 16.8. The Labute approximate surface area is 203 Å². The predicted octanol–water partition coefficient (Wildman–Crippen LogP) is 6.17. The zero-order chi connectivity index (χ0) is 24.8. The molecule has 0 aliphatic heterocycles. The van der Waals surface area contributed by atoms with E-state index in [2.05, 4.69) is 5.09 Å². The van der Waals surface area contributed by atoms with Crippen molar-refractivity contribution in [3.63, 3.8) is 0 Å². The van der Waals surface area contributed by atoms with E-state index in [0.717, 1.165) is 37.5 Å². The third-order valence-corrected chi connectivity index (χ3v) is 7.37. The fraction of sp³-hybridized carbons (Fsp3) is 0.320. The Morgan fingerprint density at radius 3 is 2.40 bits per heavy atom. The number of hydrogen-bond donors (Lipinski definition) is 1. The lowest BCUT2D eigenvalue weighted by atomic mass is 9.98. The van der Waals surface area contributed by atoms with Crippen LogP contribution in [0.4, 0.5) is 5.69 Å². The van der Waals surface area contributed by atoms with Crippen molar-refractivity contribution >= 4 is 30.2 Å². The Morgan fingerprint density at radius 2 is 1.69 bits per heavy atom. The average Bonchev–Trinajstić information content (AvgIpc) is 2.85. The number of nitro benzene ring substituents is 1. The van der Waals surface area contributed by atoms with Crippen LogP contribution in [0.3, 0.4) is 0 Å². The summed E-state index contributed by atoms with van der Waals surface area (Å²) in [6.45, 7) is 1.53. The number of carbonyl (C=O) groups excluding carboxylic acids is 1. The topological polar surface area (TPSA) is 117 Å². The maximum absolute atomic E-state index is 13.9. The highest BCUT2D eigenvalue weighted by Gasteiger charge is 2.35. The molecule has 9 nitrogen and oxygen atoms in total. The lowest BCUT2D eigenvalue weighted by Gasteiger charge is -2.26. The molecule has 3 aromatic carbocycles. The Balaban J connectivity index is 1.58. The summed E-state index contributed by atoms with van der Waals surface area (Å²) in [5.41, 5.74) is -0.139. The van der Waals surface area contributed by atoms with Crippen molar-refractivity contribution in [3.05, 3.63) is 76.8 Å². The van der Waals surface area contributed by atoms with E-state index in [-0.39, 0.29) is 17.5 Å². The zero-order valence-electron chi connectivity index (χ0n) is 19.3. The van der Waals surface area contributed by atoms with Gasteiger partial charge in [0.05, 0.1) is 4.92 Å². The minimum absolute atomic E-state index is 0.0829. The molecule has 184 valence electrons. The first kappa shape index (κ1) is 24.7. The molecule has 10 heteroatoms. The predicted molar refractivity (Wildman–Crippen MR) is 131 cm³/mol. The minimum atomic E-state index is -4.19. The molecule has 0 aromatic heterocycles. The highest BCUT2D eigenvalue weighted by molar-refractivity contribution is 7.52. The zero-order valence-corrected chi connectivity index (χ0v) is 20.2. The van der Waals surface area contributed by atoms with E-state index in [1.807, 2.05) is 30.3 Å². The summed E-state index contributed by atoms with van der Waals surface area (Å²) in [7, 11) is -4.19. The second-order valence-corrected chi connectivity index (χ2v) is 10.1. The number of hydrogen-bond acceptors (Lipinski definition) is 7. The summed E-state index contributed by atoms with van der Waals surface area (Å²) in [5, 5.41) is 15.2. The minimum Gasteiger partial charge on any atom is -0.461 e. The molecule has 0 spiro atoms. The summed E-state index contributed by atoms with van der Waals surface area (Å²) in [5.74, 6) is -0.167. The van der Waals surface area contributed by atoms with Gasteiger partial charge in [-0.05, 0) is 56.2 Å². The average molecular weight is 498 g/mol. The van der Waals surface area contributed by atoms with Gasteiger partial charge in [-0.3, -0.25) is 14.9 Å². The number of nitrogens with one attached hydrogen (secondary N) is 1. The molecule has 1 saturated carbocycles. The van der Waals surface area contributed by atoms with E-state index in [1.54, 1.807) is 12.1 Å². The molecular formula is C25H27N2O7P. The highest BCUT2D eigenvalue weighted by atomic mass is 31.2. The second kappa shape index (κ2) is 10.9. The van der Waals surface area contributed by atoms with Gasteiger partial charge in [0.2, 0.25) is 0 Å². The first-order valence-corrected chi connectivity index (χ1v) is 13.1. The number of rotatable bonds is 9. The van der Waals surface area contributed by atoms with E-state index in [1.165, 1.54) is 31.2 Å². The Bertz CT molecular complexity index is 1240. The van der Waals surface area contributed by atoms with Crippen molar-refractivity contribution in [2.75, 3.05) is 0 Å². The normalized spacial score (nSPS) is 16.7. The third kappa shape index (κ3) is 6.38. The van der Waals surface area contributed by atoms with Crippen LogP contribution in [-0.2, 0) is 14.1 Å². The number of fused-ring (bicyclic) bond motifs is 1. The molecule has 3 aromatic rings. The van der Waals surface area contributed by atoms with Crippen LogP contribution in [0.1, 0.15) is 39.0 Å². The van der Waals surface area contributed by atoms with Gasteiger partial charge >= 0.3 is 13.7 Å².